The fourth-order valence-electron chi connectivity index (χ4n) is 3.06. The molecule has 2 aliphatic heterocycles. The average molecular weight is 291 g/mol. The number of aliphatic hydroxyl groups is 1. The number of benzene rings is 1. The van der Waals surface area contributed by atoms with Gasteiger partial charge in [0.2, 0.25) is 5.91 Å². The van der Waals surface area contributed by atoms with E-state index in [0.717, 1.165) is 23.5 Å². The molecule has 6 heteroatoms. The van der Waals surface area contributed by atoms with Gasteiger partial charge in [0.1, 0.15) is 6.04 Å². The van der Waals surface area contributed by atoms with Gasteiger partial charge in [-0.3, -0.25) is 4.79 Å². The summed E-state index contributed by atoms with van der Waals surface area (Å²) < 4.78 is 5.82. The predicted octanol–water partition coefficient (Wildman–Crippen LogP) is 0.615. The summed E-state index contributed by atoms with van der Waals surface area (Å²) in [7, 11) is 0. The van der Waals surface area contributed by atoms with E-state index in [1.54, 1.807) is 0 Å². The molecule has 1 saturated heterocycles. The first-order valence-electron chi connectivity index (χ1n) is 7.14. The van der Waals surface area contributed by atoms with Crippen LogP contribution in [0.4, 0.5) is 11.4 Å². The minimum Gasteiger partial charge on any atom is -0.394 e. The molecule has 2 heterocycles. The molecule has 4 N–H and O–H groups in total. The highest BCUT2D eigenvalue weighted by Crippen LogP contribution is 2.34. The van der Waals surface area contributed by atoms with Crippen molar-refractivity contribution in [1.29, 1.82) is 0 Å². The molecule has 0 aromatic heterocycles. The number of carbonyl (C=O) groups is 1. The lowest BCUT2D eigenvalue weighted by Gasteiger charge is -2.43. The topological polar surface area (TPSA) is 87.8 Å². The Kier molecular flexibility index (Phi) is 3.39. The van der Waals surface area contributed by atoms with Crippen molar-refractivity contribution in [1.82, 2.24) is 0 Å². The number of carbonyl (C=O) groups excluding carboxylic acids is 1. The molecule has 0 aliphatic carbocycles. The highest BCUT2D eigenvalue weighted by molar-refractivity contribution is 6.02. The Hall–Kier alpha value is -1.63. The number of aliphatic hydroxyl groups excluding tert-OH is 1. The number of hydrogen-bond donors (Lipinski definition) is 3. The number of nitrogens with one attached hydrogen (secondary N) is 1. The Morgan fingerprint density at radius 1 is 1.52 bits per heavy atom. The van der Waals surface area contributed by atoms with E-state index in [1.165, 1.54) is 0 Å². The molecule has 1 fully saturated rings. The molecule has 0 bridgehead atoms. The van der Waals surface area contributed by atoms with Crippen molar-refractivity contribution in [2.45, 2.75) is 31.6 Å². The van der Waals surface area contributed by atoms with Gasteiger partial charge in [-0.2, -0.15) is 0 Å². The number of morpholine rings is 1. The van der Waals surface area contributed by atoms with Gasteiger partial charge in [-0.1, -0.05) is 6.07 Å². The van der Waals surface area contributed by atoms with Gasteiger partial charge in [-0.15, -0.1) is 0 Å². The lowest BCUT2D eigenvalue weighted by molar-refractivity contribution is -0.116. The van der Waals surface area contributed by atoms with Gasteiger partial charge in [0, 0.05) is 30.0 Å². The second-order valence-corrected chi connectivity index (χ2v) is 6.30. The van der Waals surface area contributed by atoms with Crippen LogP contribution in [0.15, 0.2) is 18.2 Å². The Labute approximate surface area is 123 Å². The SMILES string of the molecule is CC1(C)CN(c2ccc3c(c2)NC(=O)C3N)CC(CO)O1. The minimum atomic E-state index is -0.583. The summed E-state index contributed by atoms with van der Waals surface area (Å²) in [6, 6.07) is 5.22. The van der Waals surface area contributed by atoms with E-state index >= 15 is 0 Å². The first kappa shape index (κ1) is 14.3. The molecule has 1 aromatic rings. The first-order valence-corrected chi connectivity index (χ1v) is 7.14. The standard InChI is InChI=1S/C15H21N3O3/c1-15(2)8-18(6-10(7-19)21-15)9-3-4-11-12(5-9)17-14(20)13(11)16/h3-5,10,13,19H,6-8,16H2,1-2H3,(H,17,20). The van der Waals surface area contributed by atoms with E-state index in [0.29, 0.717) is 6.54 Å². The summed E-state index contributed by atoms with van der Waals surface area (Å²) in [6.07, 6.45) is -0.209. The normalized spacial score (nSPS) is 27.4. The Morgan fingerprint density at radius 2 is 2.29 bits per heavy atom. The zero-order valence-electron chi connectivity index (χ0n) is 12.3. The molecule has 1 amide bonds. The first-order chi connectivity index (χ1) is 9.89. The predicted molar refractivity (Wildman–Crippen MR) is 80.3 cm³/mol. The average Bonchev–Trinajstić information content (AvgIpc) is 2.72. The number of rotatable bonds is 2. The summed E-state index contributed by atoms with van der Waals surface area (Å²) in [5.74, 6) is -0.169. The highest BCUT2D eigenvalue weighted by Gasteiger charge is 2.34. The zero-order chi connectivity index (χ0) is 15.2. The molecule has 21 heavy (non-hydrogen) atoms. The lowest BCUT2D eigenvalue weighted by atomic mass is 10.0. The van der Waals surface area contributed by atoms with E-state index in [1.807, 2.05) is 32.0 Å². The largest absolute Gasteiger partial charge is 0.394 e. The van der Waals surface area contributed by atoms with Crippen LogP contribution in [0.25, 0.3) is 0 Å². The van der Waals surface area contributed by atoms with E-state index < -0.39 is 6.04 Å². The number of fused-ring (bicyclic) bond motifs is 1. The van der Waals surface area contributed by atoms with Gasteiger partial charge in [0.05, 0.1) is 18.3 Å². The maximum absolute atomic E-state index is 11.6. The van der Waals surface area contributed by atoms with Gasteiger partial charge < -0.3 is 25.8 Å². The molecule has 2 unspecified atom stereocenters. The van der Waals surface area contributed by atoms with Crippen LogP contribution in [0.5, 0.6) is 0 Å². The van der Waals surface area contributed by atoms with Gasteiger partial charge in [0.15, 0.2) is 0 Å². The number of ether oxygens (including phenoxy) is 1. The molecule has 0 spiro atoms. The maximum Gasteiger partial charge on any atom is 0.245 e. The fourth-order valence-corrected chi connectivity index (χ4v) is 3.06. The lowest BCUT2D eigenvalue weighted by Crippen LogP contribution is -2.54. The highest BCUT2D eigenvalue weighted by atomic mass is 16.5. The molecule has 0 radical (unpaired) electrons. The van der Waals surface area contributed by atoms with Crippen molar-refractivity contribution in [3.8, 4) is 0 Å². The number of nitrogens with two attached hydrogens (primary N) is 1. The van der Waals surface area contributed by atoms with Crippen LogP contribution in [0.3, 0.4) is 0 Å². The molecule has 1 aromatic carbocycles. The smallest absolute Gasteiger partial charge is 0.245 e. The monoisotopic (exact) mass is 291 g/mol. The van der Waals surface area contributed by atoms with Gasteiger partial charge in [0.25, 0.3) is 0 Å². The molecular formula is C15H21N3O3. The van der Waals surface area contributed by atoms with Crippen molar-refractivity contribution >= 4 is 17.3 Å². The molecule has 2 aliphatic rings. The van der Waals surface area contributed by atoms with Gasteiger partial charge >= 0.3 is 0 Å². The van der Waals surface area contributed by atoms with E-state index in [9.17, 15) is 9.90 Å². The van der Waals surface area contributed by atoms with Gasteiger partial charge in [-0.25, -0.2) is 0 Å². The number of anilines is 2. The van der Waals surface area contributed by atoms with Crippen LogP contribution >= 0.6 is 0 Å². The third-order valence-electron chi connectivity index (χ3n) is 3.96. The number of hydrogen-bond acceptors (Lipinski definition) is 5. The van der Waals surface area contributed by atoms with E-state index in [2.05, 4.69) is 10.2 Å². The molecule has 0 saturated carbocycles. The Bertz CT molecular complexity index is 573. The molecule has 114 valence electrons. The second-order valence-electron chi connectivity index (χ2n) is 6.30. The number of amides is 1. The summed E-state index contributed by atoms with van der Waals surface area (Å²) in [5, 5.41) is 12.2. The Balaban J connectivity index is 1.87. The zero-order valence-corrected chi connectivity index (χ0v) is 12.3. The van der Waals surface area contributed by atoms with E-state index in [-0.39, 0.29) is 24.2 Å². The summed E-state index contributed by atoms with van der Waals surface area (Å²) in [6.45, 7) is 5.35. The quantitative estimate of drug-likeness (QED) is 0.743. The van der Waals surface area contributed by atoms with Crippen molar-refractivity contribution in [2.75, 3.05) is 29.9 Å². The third kappa shape index (κ3) is 2.62. The maximum atomic E-state index is 11.6. The summed E-state index contributed by atoms with van der Waals surface area (Å²) in [4.78, 5) is 13.8. The summed E-state index contributed by atoms with van der Waals surface area (Å²) >= 11 is 0. The van der Waals surface area contributed by atoms with Crippen molar-refractivity contribution in [3.05, 3.63) is 23.8 Å². The van der Waals surface area contributed by atoms with Crippen LogP contribution < -0.4 is 16.0 Å². The molecule has 6 nitrogen and oxygen atoms in total. The third-order valence-corrected chi connectivity index (χ3v) is 3.96. The van der Waals surface area contributed by atoms with Gasteiger partial charge in [-0.05, 0) is 26.0 Å². The van der Waals surface area contributed by atoms with Crippen LogP contribution in [-0.2, 0) is 9.53 Å². The fraction of sp³-hybridized carbons (Fsp3) is 0.533. The van der Waals surface area contributed by atoms with Crippen LogP contribution in [-0.4, -0.2) is 42.4 Å². The van der Waals surface area contributed by atoms with Crippen molar-refractivity contribution < 1.29 is 14.6 Å². The van der Waals surface area contributed by atoms with Crippen LogP contribution in [0, 0.1) is 0 Å². The van der Waals surface area contributed by atoms with Crippen LogP contribution in [0.2, 0.25) is 0 Å². The number of nitrogens with zero attached hydrogens (tertiary/aromatic N) is 1. The molecule has 2 atom stereocenters. The van der Waals surface area contributed by atoms with Crippen molar-refractivity contribution in [3.63, 3.8) is 0 Å². The van der Waals surface area contributed by atoms with E-state index in [4.69, 9.17) is 10.5 Å². The van der Waals surface area contributed by atoms with Crippen LogP contribution in [0.1, 0.15) is 25.5 Å². The summed E-state index contributed by atoms with van der Waals surface area (Å²) in [5.41, 5.74) is 8.10. The molecular weight excluding hydrogens is 270 g/mol. The second kappa shape index (κ2) is 4.98. The minimum absolute atomic E-state index is 0.00746. The van der Waals surface area contributed by atoms with Crippen molar-refractivity contribution in [2.24, 2.45) is 5.73 Å². The molecule has 3 rings (SSSR count). The Morgan fingerprint density at radius 3 is 3.00 bits per heavy atom.